The fraction of sp³-hybridized carbons (Fsp3) is 0.486. The first-order valence-corrected chi connectivity index (χ1v) is 16.6. The molecule has 3 aromatic carbocycles. The Morgan fingerprint density at radius 2 is 1.30 bits per heavy atom. The van der Waals surface area contributed by atoms with Gasteiger partial charge in [0, 0.05) is 0 Å². The number of nitrogens with zero attached hydrogens (tertiary/aromatic N) is 2. The molecule has 3 aromatic rings. The summed E-state index contributed by atoms with van der Waals surface area (Å²) >= 11 is 6.38. The smallest absolute Gasteiger partial charge is 0.343 e. The first-order chi connectivity index (χ1) is 21.0. The molecule has 0 saturated carbocycles. The van der Waals surface area contributed by atoms with E-state index in [0.29, 0.717) is 22.9 Å². The van der Waals surface area contributed by atoms with Gasteiger partial charge < -0.3 is 9.47 Å². The standard InChI is InChI=1S/C37H49ClN2O3/c1-4-5-6-7-8-9-10-11-12-13-14-15-16-17-26-42-33-22-19-31(20-23-33)37(41)43-36-25-21-32(28-34(36)38)39-40-35-24-18-29(2)27-30(35)3/h18-25,27-28H,4-17,26H2,1-3H3. The number of unbranched alkanes of at least 4 members (excludes halogenated alkanes) is 13. The number of carbonyl (C=O) groups is 1. The van der Waals surface area contributed by atoms with Crippen LogP contribution in [0.1, 0.15) is 118 Å². The highest BCUT2D eigenvalue weighted by Crippen LogP contribution is 2.31. The third-order valence-electron chi connectivity index (χ3n) is 7.60. The molecule has 232 valence electrons. The molecule has 0 heterocycles. The maximum Gasteiger partial charge on any atom is 0.343 e. The summed E-state index contributed by atoms with van der Waals surface area (Å²) in [5.41, 5.74) is 4.02. The molecule has 0 aromatic heterocycles. The number of carbonyl (C=O) groups excluding carboxylic acids is 1. The number of ether oxygens (including phenoxy) is 2. The zero-order valence-electron chi connectivity index (χ0n) is 26.4. The van der Waals surface area contributed by atoms with E-state index in [1.165, 1.54) is 89.0 Å². The highest BCUT2D eigenvalue weighted by Gasteiger charge is 2.12. The molecule has 0 aliphatic rings. The SMILES string of the molecule is CCCCCCCCCCCCCCCCOc1ccc(C(=O)Oc2ccc(N=Nc3ccc(C)cc3C)cc2Cl)cc1. The Morgan fingerprint density at radius 3 is 1.88 bits per heavy atom. The summed E-state index contributed by atoms with van der Waals surface area (Å²) in [6, 6.07) is 18.0. The Hall–Kier alpha value is -3.18. The molecule has 0 saturated heterocycles. The lowest BCUT2D eigenvalue weighted by Gasteiger charge is -2.09. The van der Waals surface area contributed by atoms with Gasteiger partial charge in [-0.05, 0) is 74.4 Å². The lowest BCUT2D eigenvalue weighted by atomic mass is 10.0. The predicted octanol–water partition coefficient (Wildman–Crippen LogP) is 12.5. The van der Waals surface area contributed by atoms with Crippen molar-refractivity contribution in [2.75, 3.05) is 6.61 Å². The Morgan fingerprint density at radius 1 is 0.698 bits per heavy atom. The summed E-state index contributed by atoms with van der Waals surface area (Å²) in [4.78, 5) is 12.7. The van der Waals surface area contributed by atoms with Crippen LogP contribution in [0.2, 0.25) is 5.02 Å². The Kier molecular flexibility index (Phi) is 15.9. The van der Waals surface area contributed by atoms with Gasteiger partial charge in [0.15, 0.2) is 0 Å². The quantitative estimate of drug-likeness (QED) is 0.0557. The third kappa shape index (κ3) is 13.3. The largest absolute Gasteiger partial charge is 0.494 e. The van der Waals surface area contributed by atoms with Crippen molar-refractivity contribution in [2.24, 2.45) is 10.2 Å². The fourth-order valence-electron chi connectivity index (χ4n) is 5.00. The van der Waals surface area contributed by atoms with Crippen molar-refractivity contribution in [3.63, 3.8) is 0 Å². The average Bonchev–Trinajstić information content (AvgIpc) is 3.00. The number of hydrogen-bond donors (Lipinski definition) is 0. The maximum absolute atomic E-state index is 12.7. The second-order valence-corrected chi connectivity index (χ2v) is 11.9. The monoisotopic (exact) mass is 604 g/mol. The molecule has 0 bridgehead atoms. The first-order valence-electron chi connectivity index (χ1n) is 16.2. The van der Waals surface area contributed by atoms with E-state index in [-0.39, 0.29) is 5.75 Å². The van der Waals surface area contributed by atoms with Gasteiger partial charge in [0.25, 0.3) is 0 Å². The van der Waals surface area contributed by atoms with Crippen molar-refractivity contribution >= 4 is 28.9 Å². The van der Waals surface area contributed by atoms with Crippen molar-refractivity contribution in [1.29, 1.82) is 0 Å². The molecular formula is C37H49ClN2O3. The van der Waals surface area contributed by atoms with Crippen LogP contribution in [-0.2, 0) is 0 Å². The van der Waals surface area contributed by atoms with E-state index in [0.717, 1.165) is 23.4 Å². The molecule has 43 heavy (non-hydrogen) atoms. The van der Waals surface area contributed by atoms with E-state index in [2.05, 4.69) is 23.2 Å². The number of hydrogen-bond acceptors (Lipinski definition) is 5. The topological polar surface area (TPSA) is 60.2 Å². The summed E-state index contributed by atoms with van der Waals surface area (Å²) in [5.74, 6) is 0.545. The Bertz CT molecular complexity index is 1270. The van der Waals surface area contributed by atoms with Gasteiger partial charge in [-0.3, -0.25) is 0 Å². The van der Waals surface area contributed by atoms with Crippen molar-refractivity contribution in [1.82, 2.24) is 0 Å². The van der Waals surface area contributed by atoms with Crippen LogP contribution in [0.5, 0.6) is 11.5 Å². The number of aryl methyl sites for hydroxylation is 2. The summed E-state index contributed by atoms with van der Waals surface area (Å²) < 4.78 is 11.4. The van der Waals surface area contributed by atoms with E-state index < -0.39 is 5.97 Å². The van der Waals surface area contributed by atoms with Crippen LogP contribution in [0.25, 0.3) is 0 Å². The van der Waals surface area contributed by atoms with Gasteiger partial charge in [-0.1, -0.05) is 120 Å². The zero-order chi connectivity index (χ0) is 30.7. The van der Waals surface area contributed by atoms with E-state index in [4.69, 9.17) is 21.1 Å². The van der Waals surface area contributed by atoms with Crippen LogP contribution in [0.3, 0.4) is 0 Å². The highest BCUT2D eigenvalue weighted by molar-refractivity contribution is 6.32. The van der Waals surface area contributed by atoms with Gasteiger partial charge in [-0.25, -0.2) is 4.79 Å². The molecule has 6 heteroatoms. The number of azo groups is 1. The van der Waals surface area contributed by atoms with Crippen LogP contribution < -0.4 is 9.47 Å². The van der Waals surface area contributed by atoms with E-state index in [1.54, 1.807) is 42.5 Å². The molecule has 0 unspecified atom stereocenters. The van der Waals surface area contributed by atoms with Crippen LogP contribution in [0.4, 0.5) is 11.4 Å². The second-order valence-electron chi connectivity index (χ2n) is 11.5. The molecule has 0 N–H and O–H groups in total. The van der Waals surface area contributed by atoms with Gasteiger partial charge in [0.05, 0.1) is 28.6 Å². The van der Waals surface area contributed by atoms with E-state index in [1.807, 2.05) is 26.0 Å². The van der Waals surface area contributed by atoms with Crippen LogP contribution in [0.15, 0.2) is 70.9 Å². The molecule has 0 spiro atoms. The van der Waals surface area contributed by atoms with Gasteiger partial charge in [0.1, 0.15) is 11.5 Å². The van der Waals surface area contributed by atoms with Crippen molar-refractivity contribution < 1.29 is 14.3 Å². The summed E-state index contributed by atoms with van der Waals surface area (Å²) in [5, 5.41) is 8.88. The maximum atomic E-state index is 12.7. The number of halogens is 1. The molecule has 0 aliphatic carbocycles. The second kappa shape index (κ2) is 19.9. The van der Waals surface area contributed by atoms with Crippen molar-refractivity contribution in [2.45, 2.75) is 111 Å². The third-order valence-corrected chi connectivity index (χ3v) is 7.90. The minimum absolute atomic E-state index is 0.273. The van der Waals surface area contributed by atoms with Gasteiger partial charge in [-0.15, -0.1) is 0 Å². The molecule has 0 aliphatic heterocycles. The molecule has 0 radical (unpaired) electrons. The average molecular weight is 605 g/mol. The van der Waals surface area contributed by atoms with Crippen LogP contribution in [-0.4, -0.2) is 12.6 Å². The summed E-state index contributed by atoms with van der Waals surface area (Å²) in [7, 11) is 0. The predicted molar refractivity (Wildman–Crippen MR) is 179 cm³/mol. The number of benzene rings is 3. The Balaban J connectivity index is 1.29. The molecule has 0 amide bonds. The molecule has 3 rings (SSSR count). The van der Waals surface area contributed by atoms with Crippen molar-refractivity contribution in [3.05, 3.63) is 82.4 Å². The number of esters is 1. The molecule has 5 nitrogen and oxygen atoms in total. The number of rotatable bonds is 20. The highest BCUT2D eigenvalue weighted by atomic mass is 35.5. The molecule has 0 atom stereocenters. The van der Waals surface area contributed by atoms with Gasteiger partial charge in [-0.2, -0.15) is 10.2 Å². The molecular weight excluding hydrogens is 556 g/mol. The van der Waals surface area contributed by atoms with Gasteiger partial charge >= 0.3 is 5.97 Å². The minimum Gasteiger partial charge on any atom is -0.494 e. The lowest BCUT2D eigenvalue weighted by Crippen LogP contribution is -2.08. The Labute approximate surface area is 264 Å². The zero-order valence-corrected chi connectivity index (χ0v) is 27.1. The normalized spacial score (nSPS) is 11.3. The summed E-state index contributed by atoms with van der Waals surface area (Å²) in [6.07, 6.45) is 18.7. The first kappa shape index (κ1) is 34.3. The minimum atomic E-state index is -0.481. The van der Waals surface area contributed by atoms with Gasteiger partial charge in [0.2, 0.25) is 0 Å². The summed E-state index contributed by atoms with van der Waals surface area (Å²) in [6.45, 7) is 7.00. The van der Waals surface area contributed by atoms with E-state index in [9.17, 15) is 4.79 Å². The lowest BCUT2D eigenvalue weighted by molar-refractivity contribution is 0.0735. The van der Waals surface area contributed by atoms with E-state index >= 15 is 0 Å². The van der Waals surface area contributed by atoms with Crippen LogP contribution in [0, 0.1) is 13.8 Å². The van der Waals surface area contributed by atoms with Crippen LogP contribution >= 0.6 is 11.6 Å². The fourth-order valence-corrected chi connectivity index (χ4v) is 5.21. The molecule has 0 fully saturated rings. The van der Waals surface area contributed by atoms with Crippen molar-refractivity contribution in [3.8, 4) is 11.5 Å².